The number of carbonyl (C=O) groups is 1. The number of para-hydroxylation sites is 1. The molecule has 19 heavy (non-hydrogen) atoms. The van der Waals surface area contributed by atoms with E-state index in [2.05, 4.69) is 5.32 Å². The SMILES string of the molecule is Cc1c(C(=O)N2CCNCC2)oc2ccccc12.Cl. The van der Waals surface area contributed by atoms with E-state index in [1.165, 1.54) is 0 Å². The maximum Gasteiger partial charge on any atom is 0.289 e. The Bertz CT molecular complexity index is 588. The number of benzene rings is 1. The van der Waals surface area contributed by atoms with E-state index in [4.69, 9.17) is 4.42 Å². The number of piperazine rings is 1. The monoisotopic (exact) mass is 280 g/mol. The van der Waals surface area contributed by atoms with Crippen LogP contribution < -0.4 is 5.32 Å². The summed E-state index contributed by atoms with van der Waals surface area (Å²) in [5, 5.41) is 4.26. The lowest BCUT2D eigenvalue weighted by atomic mass is 10.1. The summed E-state index contributed by atoms with van der Waals surface area (Å²) in [5.74, 6) is 0.489. The molecule has 1 fully saturated rings. The van der Waals surface area contributed by atoms with E-state index in [0.717, 1.165) is 42.7 Å². The lowest BCUT2D eigenvalue weighted by Crippen LogP contribution is -2.46. The van der Waals surface area contributed by atoms with Crippen LogP contribution in [0.3, 0.4) is 0 Å². The average Bonchev–Trinajstić information content (AvgIpc) is 2.77. The fourth-order valence-electron chi connectivity index (χ4n) is 2.39. The molecule has 1 amide bonds. The van der Waals surface area contributed by atoms with E-state index in [1.807, 2.05) is 36.1 Å². The second-order valence-corrected chi connectivity index (χ2v) is 4.59. The maximum atomic E-state index is 12.4. The molecule has 5 heteroatoms. The smallest absolute Gasteiger partial charge is 0.289 e. The number of halogens is 1. The summed E-state index contributed by atoms with van der Waals surface area (Å²) in [6.45, 7) is 5.14. The molecule has 102 valence electrons. The fourth-order valence-corrected chi connectivity index (χ4v) is 2.39. The molecule has 1 aliphatic rings. The first-order valence-electron chi connectivity index (χ1n) is 6.25. The van der Waals surface area contributed by atoms with E-state index in [-0.39, 0.29) is 18.3 Å². The van der Waals surface area contributed by atoms with Crippen LogP contribution in [0.4, 0.5) is 0 Å². The Hall–Kier alpha value is -1.52. The van der Waals surface area contributed by atoms with Crippen molar-refractivity contribution < 1.29 is 9.21 Å². The number of nitrogens with one attached hydrogen (secondary N) is 1. The summed E-state index contributed by atoms with van der Waals surface area (Å²) in [6.07, 6.45) is 0. The van der Waals surface area contributed by atoms with E-state index < -0.39 is 0 Å². The third-order valence-corrected chi connectivity index (χ3v) is 3.44. The Morgan fingerprint density at radius 1 is 1.26 bits per heavy atom. The zero-order chi connectivity index (χ0) is 12.5. The number of nitrogens with zero attached hydrogens (tertiary/aromatic N) is 1. The zero-order valence-electron chi connectivity index (χ0n) is 10.8. The Morgan fingerprint density at radius 3 is 2.63 bits per heavy atom. The third kappa shape index (κ3) is 2.46. The van der Waals surface area contributed by atoms with Crippen molar-refractivity contribution in [1.29, 1.82) is 0 Å². The molecule has 0 radical (unpaired) electrons. The summed E-state index contributed by atoms with van der Waals surface area (Å²) in [5.41, 5.74) is 1.72. The standard InChI is InChI=1S/C14H16N2O2.ClH/c1-10-11-4-2-3-5-12(11)18-13(10)14(17)16-8-6-15-7-9-16;/h2-5,15H,6-9H2,1H3;1H. The number of furan rings is 1. The van der Waals surface area contributed by atoms with Crippen LogP contribution in [-0.2, 0) is 0 Å². The van der Waals surface area contributed by atoms with E-state index in [0.29, 0.717) is 5.76 Å². The minimum Gasteiger partial charge on any atom is -0.451 e. The quantitative estimate of drug-likeness (QED) is 0.871. The Morgan fingerprint density at radius 2 is 1.95 bits per heavy atom. The Labute approximate surface area is 118 Å². The van der Waals surface area contributed by atoms with Gasteiger partial charge >= 0.3 is 0 Å². The molecule has 3 rings (SSSR count). The zero-order valence-corrected chi connectivity index (χ0v) is 11.6. The molecule has 1 aromatic carbocycles. The van der Waals surface area contributed by atoms with Gasteiger partial charge in [0.05, 0.1) is 0 Å². The summed E-state index contributed by atoms with van der Waals surface area (Å²) < 4.78 is 5.70. The molecule has 4 nitrogen and oxygen atoms in total. The first kappa shape index (κ1) is 13.9. The molecule has 2 aromatic rings. The highest BCUT2D eigenvalue weighted by Crippen LogP contribution is 2.25. The highest BCUT2D eigenvalue weighted by molar-refractivity contribution is 5.98. The molecule has 0 unspecified atom stereocenters. The van der Waals surface area contributed by atoms with Gasteiger partial charge in [-0.25, -0.2) is 0 Å². The minimum absolute atomic E-state index is 0. The van der Waals surface area contributed by atoms with Crippen LogP contribution in [-0.4, -0.2) is 37.0 Å². The first-order chi connectivity index (χ1) is 8.77. The number of amides is 1. The number of fused-ring (bicyclic) bond motifs is 1. The molecule has 2 heterocycles. The van der Waals surface area contributed by atoms with Gasteiger partial charge in [0.25, 0.3) is 5.91 Å². The van der Waals surface area contributed by atoms with Crippen molar-refractivity contribution in [3.63, 3.8) is 0 Å². The topological polar surface area (TPSA) is 45.5 Å². The third-order valence-electron chi connectivity index (χ3n) is 3.44. The molecule has 0 bridgehead atoms. The van der Waals surface area contributed by atoms with Crippen molar-refractivity contribution in [3.8, 4) is 0 Å². The molecule has 1 aromatic heterocycles. The Balaban J connectivity index is 0.00000133. The second-order valence-electron chi connectivity index (χ2n) is 4.59. The van der Waals surface area contributed by atoms with Crippen molar-refractivity contribution in [2.75, 3.05) is 26.2 Å². The van der Waals surface area contributed by atoms with Crippen LogP contribution in [0.25, 0.3) is 11.0 Å². The largest absolute Gasteiger partial charge is 0.451 e. The van der Waals surface area contributed by atoms with Crippen LogP contribution in [0.5, 0.6) is 0 Å². The van der Waals surface area contributed by atoms with Crippen LogP contribution in [0.15, 0.2) is 28.7 Å². The van der Waals surface area contributed by atoms with Crippen molar-refractivity contribution in [2.45, 2.75) is 6.92 Å². The van der Waals surface area contributed by atoms with Crippen molar-refractivity contribution in [2.24, 2.45) is 0 Å². The molecule has 1 aliphatic heterocycles. The van der Waals surface area contributed by atoms with Gasteiger partial charge in [-0.3, -0.25) is 4.79 Å². The van der Waals surface area contributed by atoms with Crippen molar-refractivity contribution in [3.05, 3.63) is 35.6 Å². The van der Waals surface area contributed by atoms with Crippen LogP contribution in [0.1, 0.15) is 16.1 Å². The van der Waals surface area contributed by atoms with Gasteiger partial charge < -0.3 is 14.6 Å². The van der Waals surface area contributed by atoms with Gasteiger partial charge in [0.1, 0.15) is 5.58 Å². The van der Waals surface area contributed by atoms with Crippen LogP contribution in [0, 0.1) is 6.92 Å². The van der Waals surface area contributed by atoms with Gasteiger partial charge in [0, 0.05) is 37.1 Å². The van der Waals surface area contributed by atoms with Gasteiger partial charge in [-0.2, -0.15) is 0 Å². The number of hydrogen-bond acceptors (Lipinski definition) is 3. The van der Waals surface area contributed by atoms with Gasteiger partial charge in [0.2, 0.25) is 0 Å². The lowest BCUT2D eigenvalue weighted by Gasteiger charge is -2.26. The van der Waals surface area contributed by atoms with Gasteiger partial charge in [-0.05, 0) is 13.0 Å². The molecular weight excluding hydrogens is 264 g/mol. The molecule has 1 saturated heterocycles. The normalized spacial score (nSPS) is 15.3. The number of rotatable bonds is 1. The number of hydrogen-bond donors (Lipinski definition) is 1. The van der Waals surface area contributed by atoms with Gasteiger partial charge in [0.15, 0.2) is 5.76 Å². The molecule has 0 atom stereocenters. The highest BCUT2D eigenvalue weighted by atomic mass is 35.5. The minimum atomic E-state index is 0. The van der Waals surface area contributed by atoms with Crippen LogP contribution in [0.2, 0.25) is 0 Å². The predicted molar refractivity (Wildman–Crippen MR) is 77.0 cm³/mol. The van der Waals surface area contributed by atoms with Crippen molar-refractivity contribution in [1.82, 2.24) is 10.2 Å². The van der Waals surface area contributed by atoms with E-state index >= 15 is 0 Å². The summed E-state index contributed by atoms with van der Waals surface area (Å²) in [4.78, 5) is 14.2. The van der Waals surface area contributed by atoms with Gasteiger partial charge in [-0.1, -0.05) is 18.2 Å². The van der Waals surface area contributed by atoms with Gasteiger partial charge in [-0.15, -0.1) is 12.4 Å². The summed E-state index contributed by atoms with van der Waals surface area (Å²) in [7, 11) is 0. The molecular formula is C14H17ClN2O2. The summed E-state index contributed by atoms with van der Waals surface area (Å²) in [6, 6.07) is 7.77. The predicted octanol–water partition coefficient (Wildman–Crippen LogP) is 2.21. The number of aryl methyl sites for hydroxylation is 1. The molecule has 0 saturated carbocycles. The highest BCUT2D eigenvalue weighted by Gasteiger charge is 2.23. The molecule has 1 N–H and O–H groups in total. The summed E-state index contributed by atoms with van der Waals surface area (Å²) >= 11 is 0. The van der Waals surface area contributed by atoms with E-state index in [9.17, 15) is 4.79 Å². The lowest BCUT2D eigenvalue weighted by molar-refractivity contribution is 0.0705. The van der Waals surface area contributed by atoms with Crippen molar-refractivity contribution >= 4 is 29.3 Å². The number of carbonyl (C=O) groups excluding carboxylic acids is 1. The fraction of sp³-hybridized carbons (Fsp3) is 0.357. The second kappa shape index (κ2) is 5.63. The maximum absolute atomic E-state index is 12.4. The Kier molecular flexibility index (Phi) is 4.12. The van der Waals surface area contributed by atoms with E-state index in [1.54, 1.807) is 0 Å². The first-order valence-corrected chi connectivity index (χ1v) is 6.25. The molecule has 0 aliphatic carbocycles. The molecule has 0 spiro atoms. The average molecular weight is 281 g/mol. The van der Waals surface area contributed by atoms with Crippen LogP contribution >= 0.6 is 12.4 Å².